The fourth-order valence-electron chi connectivity index (χ4n) is 3.43. The van der Waals surface area contributed by atoms with Gasteiger partial charge in [-0.25, -0.2) is 9.97 Å². The highest BCUT2D eigenvalue weighted by molar-refractivity contribution is 5.97. The van der Waals surface area contributed by atoms with Crippen LogP contribution in [0.2, 0.25) is 0 Å². The summed E-state index contributed by atoms with van der Waals surface area (Å²) in [5.74, 6) is 1.20. The van der Waals surface area contributed by atoms with Gasteiger partial charge in [-0.15, -0.1) is 0 Å². The standard InChI is InChI=1S/C19H20N4O3/c1-11-20-15-7-9-23(8-6-14(15)19(25)22(11)3)18(24)13-4-5-16-17(10-13)26-12(2)21-16/h4-5,10H,6-9H2,1-3H3. The van der Waals surface area contributed by atoms with Crippen molar-refractivity contribution in [2.75, 3.05) is 13.1 Å². The summed E-state index contributed by atoms with van der Waals surface area (Å²) < 4.78 is 7.09. The molecule has 7 heteroatoms. The summed E-state index contributed by atoms with van der Waals surface area (Å²) >= 11 is 0. The van der Waals surface area contributed by atoms with Crippen LogP contribution in [0.1, 0.15) is 33.3 Å². The highest BCUT2D eigenvalue weighted by Crippen LogP contribution is 2.19. The zero-order chi connectivity index (χ0) is 18.4. The number of carbonyl (C=O) groups is 1. The lowest BCUT2D eigenvalue weighted by atomic mass is 10.1. The van der Waals surface area contributed by atoms with E-state index < -0.39 is 0 Å². The molecule has 0 spiro atoms. The van der Waals surface area contributed by atoms with E-state index in [0.29, 0.717) is 48.8 Å². The average molecular weight is 352 g/mol. The molecule has 26 heavy (non-hydrogen) atoms. The van der Waals surface area contributed by atoms with E-state index in [2.05, 4.69) is 9.97 Å². The van der Waals surface area contributed by atoms with Gasteiger partial charge in [-0.3, -0.25) is 14.2 Å². The number of hydrogen-bond acceptors (Lipinski definition) is 5. The first-order valence-corrected chi connectivity index (χ1v) is 8.66. The summed E-state index contributed by atoms with van der Waals surface area (Å²) in [6.45, 7) is 4.64. The molecule has 0 atom stereocenters. The summed E-state index contributed by atoms with van der Waals surface area (Å²) in [7, 11) is 1.73. The van der Waals surface area contributed by atoms with Crippen molar-refractivity contribution in [2.24, 2.45) is 7.05 Å². The monoisotopic (exact) mass is 352 g/mol. The Bertz CT molecular complexity index is 1080. The highest BCUT2D eigenvalue weighted by atomic mass is 16.3. The van der Waals surface area contributed by atoms with Crippen molar-refractivity contribution in [3.8, 4) is 0 Å². The molecule has 2 aromatic heterocycles. The number of fused-ring (bicyclic) bond motifs is 2. The number of amides is 1. The van der Waals surface area contributed by atoms with Gasteiger partial charge >= 0.3 is 0 Å². The van der Waals surface area contributed by atoms with Gasteiger partial charge in [0.25, 0.3) is 11.5 Å². The molecule has 1 amide bonds. The molecule has 1 aliphatic rings. The van der Waals surface area contributed by atoms with E-state index in [1.165, 1.54) is 0 Å². The molecule has 1 aliphatic heterocycles. The number of hydrogen-bond donors (Lipinski definition) is 0. The molecule has 3 aromatic rings. The predicted octanol–water partition coefficient (Wildman–Crippen LogP) is 1.78. The van der Waals surface area contributed by atoms with Crippen LogP contribution >= 0.6 is 0 Å². The quantitative estimate of drug-likeness (QED) is 0.667. The molecule has 0 unspecified atom stereocenters. The highest BCUT2D eigenvalue weighted by Gasteiger charge is 2.23. The van der Waals surface area contributed by atoms with Crippen molar-refractivity contribution in [1.29, 1.82) is 0 Å². The Morgan fingerprint density at radius 3 is 2.73 bits per heavy atom. The van der Waals surface area contributed by atoms with Crippen molar-refractivity contribution >= 4 is 17.0 Å². The van der Waals surface area contributed by atoms with E-state index in [-0.39, 0.29) is 11.5 Å². The van der Waals surface area contributed by atoms with Crippen LogP contribution < -0.4 is 5.56 Å². The van der Waals surface area contributed by atoms with Crippen LogP contribution in [0.15, 0.2) is 27.4 Å². The summed E-state index contributed by atoms with van der Waals surface area (Å²) in [5.41, 5.74) is 3.43. The van der Waals surface area contributed by atoms with Gasteiger partial charge in [0, 0.05) is 44.6 Å². The molecule has 4 rings (SSSR count). The number of benzene rings is 1. The second kappa shape index (κ2) is 6.09. The third kappa shape index (κ3) is 2.69. The third-order valence-electron chi connectivity index (χ3n) is 4.97. The molecule has 134 valence electrons. The smallest absolute Gasteiger partial charge is 0.256 e. The summed E-state index contributed by atoms with van der Waals surface area (Å²) in [6, 6.07) is 5.30. The fraction of sp³-hybridized carbons (Fsp3) is 0.368. The first-order valence-electron chi connectivity index (χ1n) is 8.66. The van der Waals surface area contributed by atoms with Gasteiger partial charge < -0.3 is 9.32 Å². The van der Waals surface area contributed by atoms with E-state index in [4.69, 9.17) is 4.42 Å². The first kappa shape index (κ1) is 16.5. The third-order valence-corrected chi connectivity index (χ3v) is 4.97. The van der Waals surface area contributed by atoms with Gasteiger partial charge in [-0.2, -0.15) is 0 Å². The molecule has 3 heterocycles. The van der Waals surface area contributed by atoms with Gasteiger partial charge in [-0.1, -0.05) is 0 Å². The first-order chi connectivity index (χ1) is 12.4. The van der Waals surface area contributed by atoms with E-state index in [1.54, 1.807) is 41.6 Å². The zero-order valence-corrected chi connectivity index (χ0v) is 15.1. The Balaban J connectivity index is 1.61. The number of rotatable bonds is 1. The number of oxazole rings is 1. The van der Waals surface area contributed by atoms with E-state index in [1.807, 2.05) is 6.92 Å². The summed E-state index contributed by atoms with van der Waals surface area (Å²) in [5, 5.41) is 0. The Hall–Kier alpha value is -2.96. The summed E-state index contributed by atoms with van der Waals surface area (Å²) in [6.07, 6.45) is 1.10. The van der Waals surface area contributed by atoms with Crippen molar-refractivity contribution < 1.29 is 9.21 Å². The van der Waals surface area contributed by atoms with Gasteiger partial charge in [-0.05, 0) is 31.5 Å². The van der Waals surface area contributed by atoms with Gasteiger partial charge in [0.1, 0.15) is 11.3 Å². The zero-order valence-electron chi connectivity index (χ0n) is 15.1. The second-order valence-corrected chi connectivity index (χ2v) is 6.66. The minimum Gasteiger partial charge on any atom is -0.441 e. The number of aromatic nitrogens is 3. The molecule has 0 saturated carbocycles. The second-order valence-electron chi connectivity index (χ2n) is 6.66. The lowest BCUT2D eigenvalue weighted by Crippen LogP contribution is -2.33. The topological polar surface area (TPSA) is 81.2 Å². The molecule has 0 saturated heterocycles. The van der Waals surface area contributed by atoms with Crippen LogP contribution in [0.25, 0.3) is 11.1 Å². The van der Waals surface area contributed by atoms with Crippen LogP contribution in [0.5, 0.6) is 0 Å². The normalized spacial score (nSPS) is 14.3. The lowest BCUT2D eigenvalue weighted by molar-refractivity contribution is 0.0763. The summed E-state index contributed by atoms with van der Waals surface area (Å²) in [4.78, 5) is 36.0. The maximum Gasteiger partial charge on any atom is 0.256 e. The fourth-order valence-corrected chi connectivity index (χ4v) is 3.43. The van der Waals surface area contributed by atoms with Gasteiger partial charge in [0.2, 0.25) is 0 Å². The van der Waals surface area contributed by atoms with Crippen molar-refractivity contribution in [3.05, 3.63) is 57.1 Å². The molecule has 0 fully saturated rings. The SMILES string of the molecule is Cc1nc2ccc(C(=O)N3CCc4nc(C)n(C)c(=O)c4CC3)cc2o1. The molecule has 0 bridgehead atoms. The molecule has 0 N–H and O–H groups in total. The Labute approximate surface area is 150 Å². The lowest BCUT2D eigenvalue weighted by Gasteiger charge is -2.20. The van der Waals surface area contributed by atoms with Crippen LogP contribution in [0.4, 0.5) is 0 Å². The van der Waals surface area contributed by atoms with Crippen LogP contribution in [-0.4, -0.2) is 38.4 Å². The Kier molecular flexibility index (Phi) is 3.86. The Morgan fingerprint density at radius 1 is 1.15 bits per heavy atom. The van der Waals surface area contributed by atoms with E-state index >= 15 is 0 Å². The molecule has 0 radical (unpaired) electrons. The predicted molar refractivity (Wildman–Crippen MR) is 96.3 cm³/mol. The molecule has 7 nitrogen and oxygen atoms in total. The van der Waals surface area contributed by atoms with E-state index in [0.717, 1.165) is 16.8 Å². The molecule has 1 aromatic carbocycles. The van der Waals surface area contributed by atoms with Crippen molar-refractivity contribution in [1.82, 2.24) is 19.4 Å². The van der Waals surface area contributed by atoms with Crippen LogP contribution in [0.3, 0.4) is 0 Å². The number of nitrogens with zero attached hydrogens (tertiary/aromatic N) is 4. The minimum absolute atomic E-state index is 0.0136. The molecular formula is C19H20N4O3. The number of carbonyl (C=O) groups excluding carboxylic acids is 1. The van der Waals surface area contributed by atoms with Crippen LogP contribution in [-0.2, 0) is 19.9 Å². The van der Waals surface area contributed by atoms with Crippen LogP contribution in [0, 0.1) is 13.8 Å². The Morgan fingerprint density at radius 2 is 1.92 bits per heavy atom. The largest absolute Gasteiger partial charge is 0.441 e. The van der Waals surface area contributed by atoms with Crippen molar-refractivity contribution in [2.45, 2.75) is 26.7 Å². The minimum atomic E-state index is -0.0673. The number of aryl methyl sites for hydroxylation is 2. The molecular weight excluding hydrogens is 332 g/mol. The average Bonchev–Trinajstić information content (AvgIpc) is 2.86. The maximum atomic E-state index is 12.9. The maximum absolute atomic E-state index is 12.9. The van der Waals surface area contributed by atoms with Crippen molar-refractivity contribution in [3.63, 3.8) is 0 Å². The van der Waals surface area contributed by atoms with E-state index in [9.17, 15) is 9.59 Å². The van der Waals surface area contributed by atoms with Gasteiger partial charge in [0.05, 0.1) is 5.69 Å². The molecule has 0 aliphatic carbocycles. The van der Waals surface area contributed by atoms with Gasteiger partial charge in [0.15, 0.2) is 11.5 Å².